The van der Waals surface area contributed by atoms with E-state index in [4.69, 9.17) is 5.73 Å². The Balaban J connectivity index is 1.58. The number of anilines is 2. The van der Waals surface area contributed by atoms with Crippen molar-refractivity contribution in [2.45, 2.75) is 25.8 Å². The van der Waals surface area contributed by atoms with Crippen molar-refractivity contribution in [2.24, 2.45) is 0 Å². The Morgan fingerprint density at radius 3 is 2.59 bits per heavy atom. The smallest absolute Gasteiger partial charge is 0.248 e. The second kappa shape index (κ2) is 8.79. The lowest BCUT2D eigenvalue weighted by Crippen LogP contribution is -2.40. The van der Waals surface area contributed by atoms with Gasteiger partial charge in [0.1, 0.15) is 6.04 Å². The molecule has 0 bridgehead atoms. The highest BCUT2D eigenvalue weighted by atomic mass is 16.2. The highest BCUT2D eigenvalue weighted by molar-refractivity contribution is 5.84. The van der Waals surface area contributed by atoms with Crippen LogP contribution in [0.3, 0.4) is 0 Å². The minimum absolute atomic E-state index is 0.0874. The van der Waals surface area contributed by atoms with E-state index in [1.165, 1.54) is 0 Å². The van der Waals surface area contributed by atoms with E-state index in [-0.39, 0.29) is 5.91 Å². The maximum Gasteiger partial charge on any atom is 0.248 e. The van der Waals surface area contributed by atoms with Crippen LogP contribution >= 0.6 is 0 Å². The van der Waals surface area contributed by atoms with E-state index >= 15 is 0 Å². The average molecular weight is 365 g/mol. The number of rotatable bonds is 8. The van der Waals surface area contributed by atoms with Gasteiger partial charge in [0.2, 0.25) is 11.9 Å². The van der Waals surface area contributed by atoms with E-state index < -0.39 is 6.04 Å². The van der Waals surface area contributed by atoms with Crippen molar-refractivity contribution < 1.29 is 4.79 Å². The lowest BCUT2D eigenvalue weighted by Gasteiger charge is -2.17. The standard InChI is InChI=1S/C19H23N7O/c1-2-17(18(27)21-13-12-14-8-10-15(20)11-9-14)22-19-23-24-25-26(19)16-6-4-3-5-7-16/h3-11,17H,2,12-13,20H2,1H3,(H,21,27)(H,22,23,25). The molecule has 2 aromatic carbocycles. The predicted molar refractivity (Wildman–Crippen MR) is 104 cm³/mol. The summed E-state index contributed by atoms with van der Waals surface area (Å²) in [5, 5.41) is 17.8. The van der Waals surface area contributed by atoms with Crippen molar-refractivity contribution in [3.05, 3.63) is 60.2 Å². The van der Waals surface area contributed by atoms with Gasteiger partial charge in [0, 0.05) is 12.2 Å². The van der Waals surface area contributed by atoms with Crippen LogP contribution in [0.2, 0.25) is 0 Å². The van der Waals surface area contributed by atoms with E-state index in [0.29, 0.717) is 18.9 Å². The Hall–Kier alpha value is -3.42. The fourth-order valence-corrected chi connectivity index (χ4v) is 2.67. The van der Waals surface area contributed by atoms with E-state index in [1.54, 1.807) is 4.68 Å². The van der Waals surface area contributed by atoms with Crippen LogP contribution in [0.4, 0.5) is 11.6 Å². The van der Waals surface area contributed by atoms with Gasteiger partial charge in [-0.1, -0.05) is 42.4 Å². The number of para-hydroxylation sites is 1. The van der Waals surface area contributed by atoms with Gasteiger partial charge in [-0.15, -0.1) is 0 Å². The molecule has 8 heteroatoms. The summed E-state index contributed by atoms with van der Waals surface area (Å²) in [6.07, 6.45) is 1.35. The molecule has 4 N–H and O–H groups in total. The molecule has 0 radical (unpaired) electrons. The van der Waals surface area contributed by atoms with Crippen LogP contribution in [0.5, 0.6) is 0 Å². The molecule has 3 aromatic rings. The van der Waals surface area contributed by atoms with Crippen molar-refractivity contribution >= 4 is 17.5 Å². The molecule has 3 rings (SSSR count). The van der Waals surface area contributed by atoms with Gasteiger partial charge >= 0.3 is 0 Å². The number of carbonyl (C=O) groups is 1. The molecule has 0 spiro atoms. The van der Waals surface area contributed by atoms with Crippen LogP contribution in [-0.4, -0.2) is 38.7 Å². The lowest BCUT2D eigenvalue weighted by molar-refractivity contribution is -0.121. The van der Waals surface area contributed by atoms with Gasteiger partial charge in [-0.3, -0.25) is 4.79 Å². The molecule has 140 valence electrons. The van der Waals surface area contributed by atoms with Crippen LogP contribution < -0.4 is 16.4 Å². The van der Waals surface area contributed by atoms with E-state index in [9.17, 15) is 4.79 Å². The summed E-state index contributed by atoms with van der Waals surface area (Å²) in [6, 6.07) is 16.7. The number of nitrogen functional groups attached to an aromatic ring is 1. The third-order valence-corrected chi connectivity index (χ3v) is 4.19. The molecular formula is C19H23N7O. The maximum atomic E-state index is 12.5. The molecule has 27 heavy (non-hydrogen) atoms. The molecule has 1 heterocycles. The molecule has 0 aliphatic carbocycles. The number of carbonyl (C=O) groups excluding carboxylic acids is 1. The first-order chi connectivity index (χ1) is 13.2. The zero-order valence-corrected chi connectivity index (χ0v) is 15.2. The number of tetrazole rings is 1. The lowest BCUT2D eigenvalue weighted by atomic mass is 10.1. The second-order valence-electron chi connectivity index (χ2n) is 6.14. The minimum atomic E-state index is -0.426. The molecule has 0 fully saturated rings. The number of nitrogens with one attached hydrogen (secondary N) is 2. The zero-order chi connectivity index (χ0) is 19.1. The van der Waals surface area contributed by atoms with Crippen LogP contribution in [0.1, 0.15) is 18.9 Å². The normalized spacial score (nSPS) is 11.7. The van der Waals surface area contributed by atoms with Gasteiger partial charge < -0.3 is 16.4 Å². The summed E-state index contributed by atoms with van der Waals surface area (Å²) in [4.78, 5) is 12.5. The van der Waals surface area contributed by atoms with Crippen LogP contribution in [-0.2, 0) is 11.2 Å². The number of hydrogen-bond acceptors (Lipinski definition) is 6. The summed E-state index contributed by atoms with van der Waals surface area (Å²) >= 11 is 0. The Labute approximate surface area is 157 Å². The van der Waals surface area contributed by atoms with Crippen molar-refractivity contribution in [3.8, 4) is 5.69 Å². The van der Waals surface area contributed by atoms with Gasteiger partial charge in [0.25, 0.3) is 0 Å². The van der Waals surface area contributed by atoms with E-state index in [2.05, 4.69) is 26.2 Å². The molecule has 1 atom stereocenters. The van der Waals surface area contributed by atoms with E-state index in [1.807, 2.05) is 61.5 Å². The molecule has 0 aliphatic heterocycles. The number of nitrogens with zero attached hydrogens (tertiary/aromatic N) is 4. The SMILES string of the molecule is CCC(Nc1nnnn1-c1ccccc1)C(=O)NCCc1ccc(N)cc1. The first-order valence-electron chi connectivity index (χ1n) is 8.90. The maximum absolute atomic E-state index is 12.5. The molecule has 1 aromatic heterocycles. The molecule has 1 amide bonds. The molecule has 1 unspecified atom stereocenters. The fraction of sp³-hybridized carbons (Fsp3) is 0.263. The van der Waals surface area contributed by atoms with Crippen molar-refractivity contribution in [2.75, 3.05) is 17.6 Å². The Morgan fingerprint density at radius 1 is 1.15 bits per heavy atom. The van der Waals surface area contributed by atoms with Gasteiger partial charge in [0.05, 0.1) is 5.69 Å². The van der Waals surface area contributed by atoms with Crippen molar-refractivity contribution in [3.63, 3.8) is 0 Å². The van der Waals surface area contributed by atoms with E-state index in [0.717, 1.165) is 23.4 Å². The number of hydrogen-bond donors (Lipinski definition) is 3. The number of amides is 1. The number of nitrogens with two attached hydrogens (primary N) is 1. The molecule has 0 saturated carbocycles. The fourth-order valence-electron chi connectivity index (χ4n) is 2.67. The van der Waals surface area contributed by atoms with Crippen LogP contribution in [0, 0.1) is 0 Å². The number of aromatic nitrogens is 4. The first kappa shape index (κ1) is 18.4. The highest BCUT2D eigenvalue weighted by Gasteiger charge is 2.19. The third kappa shape index (κ3) is 4.81. The van der Waals surface area contributed by atoms with Crippen molar-refractivity contribution in [1.29, 1.82) is 0 Å². The van der Waals surface area contributed by atoms with Crippen LogP contribution in [0.25, 0.3) is 5.69 Å². The topological polar surface area (TPSA) is 111 Å². The Kier molecular flexibility index (Phi) is 5.98. The molecule has 8 nitrogen and oxygen atoms in total. The third-order valence-electron chi connectivity index (χ3n) is 4.19. The zero-order valence-electron chi connectivity index (χ0n) is 15.2. The van der Waals surface area contributed by atoms with Gasteiger partial charge in [0.15, 0.2) is 0 Å². The van der Waals surface area contributed by atoms with Crippen LogP contribution in [0.15, 0.2) is 54.6 Å². The largest absolute Gasteiger partial charge is 0.399 e. The summed E-state index contributed by atoms with van der Waals surface area (Å²) in [5.74, 6) is 0.345. The summed E-state index contributed by atoms with van der Waals surface area (Å²) in [6.45, 7) is 2.48. The summed E-state index contributed by atoms with van der Waals surface area (Å²) in [7, 11) is 0. The van der Waals surface area contributed by atoms with Crippen molar-refractivity contribution in [1.82, 2.24) is 25.5 Å². The molecule has 0 aliphatic rings. The first-order valence-corrected chi connectivity index (χ1v) is 8.90. The monoisotopic (exact) mass is 365 g/mol. The number of benzene rings is 2. The average Bonchev–Trinajstić information content (AvgIpc) is 3.16. The Bertz CT molecular complexity index is 861. The highest BCUT2D eigenvalue weighted by Crippen LogP contribution is 2.12. The van der Waals surface area contributed by atoms with Gasteiger partial charge in [-0.25, -0.2) is 0 Å². The summed E-state index contributed by atoms with van der Waals surface area (Å²) < 4.78 is 1.57. The van der Waals surface area contributed by atoms with Gasteiger partial charge in [-0.2, -0.15) is 4.68 Å². The Morgan fingerprint density at radius 2 is 1.89 bits per heavy atom. The quantitative estimate of drug-likeness (QED) is 0.525. The van der Waals surface area contributed by atoms with Gasteiger partial charge in [-0.05, 0) is 53.1 Å². The summed E-state index contributed by atoms with van der Waals surface area (Å²) in [5.41, 5.74) is 8.36. The molecule has 0 saturated heterocycles. The predicted octanol–water partition coefficient (Wildman–Crippen LogP) is 1.79. The molecular weight excluding hydrogens is 342 g/mol. The minimum Gasteiger partial charge on any atom is -0.399 e. The second-order valence-corrected chi connectivity index (χ2v) is 6.14.